The third kappa shape index (κ3) is 3.87. The van der Waals surface area contributed by atoms with Gasteiger partial charge in [0.2, 0.25) is 0 Å². The minimum Gasteiger partial charge on any atom is -0.481 e. The van der Waals surface area contributed by atoms with E-state index in [-0.39, 0.29) is 29.9 Å². The van der Waals surface area contributed by atoms with Crippen molar-refractivity contribution < 1.29 is 23.8 Å². The first-order valence-electron chi connectivity index (χ1n) is 11.7. The molecule has 0 amide bonds. The largest absolute Gasteiger partial charge is 0.481 e. The van der Waals surface area contributed by atoms with E-state index in [9.17, 15) is 19.1 Å². The second-order valence-electron chi connectivity index (χ2n) is 9.46. The van der Waals surface area contributed by atoms with Crippen molar-refractivity contribution in [2.24, 2.45) is 5.41 Å². The first-order valence-corrected chi connectivity index (χ1v) is 11.7. The predicted octanol–water partition coefficient (Wildman–Crippen LogP) is 4.24. The zero-order valence-corrected chi connectivity index (χ0v) is 20.0. The van der Waals surface area contributed by atoms with Crippen LogP contribution in [0.5, 0.6) is 0 Å². The van der Waals surface area contributed by atoms with E-state index in [2.05, 4.69) is 10.1 Å². The smallest absolute Gasteiger partial charge is 0.311 e. The second kappa shape index (κ2) is 8.94. The number of rotatable bonds is 6. The Balaban J connectivity index is 1.61. The first kappa shape index (κ1) is 23.8. The van der Waals surface area contributed by atoms with Crippen LogP contribution in [0.1, 0.15) is 54.6 Å². The fraction of sp³-hybridized carbons (Fsp3) is 0.346. The molecule has 1 aromatic carbocycles. The lowest BCUT2D eigenvalue weighted by atomic mass is 9.69. The summed E-state index contributed by atoms with van der Waals surface area (Å²) in [6.07, 6.45) is 5.12. The number of fused-ring (bicyclic) bond motifs is 2. The number of carboxylic acid groups (broad SMARTS) is 1. The van der Waals surface area contributed by atoms with Crippen LogP contribution in [-0.4, -0.2) is 50.2 Å². The van der Waals surface area contributed by atoms with Gasteiger partial charge in [-0.3, -0.25) is 14.6 Å². The highest BCUT2D eigenvalue weighted by molar-refractivity contribution is 6.00. The molecule has 0 saturated heterocycles. The number of benzene rings is 1. The van der Waals surface area contributed by atoms with Gasteiger partial charge in [0.05, 0.1) is 35.0 Å². The molecule has 36 heavy (non-hydrogen) atoms. The molecule has 0 bridgehead atoms. The minimum atomic E-state index is -0.953. The van der Waals surface area contributed by atoms with Gasteiger partial charge in [-0.15, -0.1) is 0 Å². The van der Waals surface area contributed by atoms with Crippen LogP contribution in [0.4, 0.5) is 10.2 Å². The molecule has 0 aliphatic heterocycles. The average Bonchev–Trinajstić information content (AvgIpc) is 3.28. The van der Waals surface area contributed by atoms with Gasteiger partial charge in [-0.2, -0.15) is 9.61 Å². The van der Waals surface area contributed by atoms with Crippen molar-refractivity contribution in [1.82, 2.24) is 19.6 Å². The van der Waals surface area contributed by atoms with E-state index < -0.39 is 11.4 Å². The fourth-order valence-corrected chi connectivity index (χ4v) is 5.28. The van der Waals surface area contributed by atoms with E-state index in [0.717, 1.165) is 0 Å². The molecule has 3 heterocycles. The number of Topliss-reactive ketones (excluding diaryl/α,β-unsaturated/α-hetero) is 1. The molecule has 186 valence electrons. The van der Waals surface area contributed by atoms with E-state index in [1.165, 1.54) is 30.7 Å². The number of nitrogen functional groups attached to an aromatic ring is 1. The number of carboxylic acids is 1. The molecule has 1 saturated carbocycles. The zero-order chi connectivity index (χ0) is 25.6. The Morgan fingerprint density at radius 2 is 2.00 bits per heavy atom. The van der Waals surface area contributed by atoms with E-state index in [4.69, 9.17) is 15.5 Å². The van der Waals surface area contributed by atoms with Gasteiger partial charge in [-0.25, -0.2) is 9.37 Å². The van der Waals surface area contributed by atoms with Crippen molar-refractivity contribution in [3.63, 3.8) is 0 Å². The molecule has 1 fully saturated rings. The van der Waals surface area contributed by atoms with Gasteiger partial charge in [0.1, 0.15) is 11.6 Å². The Morgan fingerprint density at radius 1 is 1.25 bits per heavy atom. The summed E-state index contributed by atoms with van der Waals surface area (Å²) in [4.78, 5) is 33.9. The molecule has 0 atom stereocenters. The van der Waals surface area contributed by atoms with Gasteiger partial charge in [-0.05, 0) is 56.9 Å². The van der Waals surface area contributed by atoms with Crippen LogP contribution in [0, 0.1) is 11.2 Å². The number of hydrogen-bond donors (Lipinski definition) is 2. The highest BCUT2D eigenvalue weighted by atomic mass is 19.1. The third-order valence-electron chi connectivity index (χ3n) is 7.22. The molecular weight excluding hydrogens is 465 g/mol. The van der Waals surface area contributed by atoms with Crippen molar-refractivity contribution in [2.75, 3.05) is 19.5 Å². The Hall–Kier alpha value is -3.92. The van der Waals surface area contributed by atoms with Crippen LogP contribution >= 0.6 is 0 Å². The normalized spacial score (nSPS) is 20.1. The van der Waals surface area contributed by atoms with Crippen molar-refractivity contribution in [2.45, 2.75) is 38.5 Å². The number of aromatic nitrogens is 4. The number of pyridine rings is 1. The lowest BCUT2D eigenvalue weighted by Gasteiger charge is -2.36. The summed E-state index contributed by atoms with van der Waals surface area (Å²) in [6.45, 7) is 1.57. The molecular formula is C26H26FN5O4. The van der Waals surface area contributed by atoms with E-state index in [0.29, 0.717) is 64.6 Å². The lowest BCUT2D eigenvalue weighted by Crippen LogP contribution is -2.39. The van der Waals surface area contributed by atoms with Crippen molar-refractivity contribution in [3.8, 4) is 11.1 Å². The molecule has 3 aromatic heterocycles. The predicted molar refractivity (Wildman–Crippen MR) is 131 cm³/mol. The van der Waals surface area contributed by atoms with E-state index >= 15 is 0 Å². The summed E-state index contributed by atoms with van der Waals surface area (Å²) in [6, 6.07) is 6.20. The maximum atomic E-state index is 13.8. The summed E-state index contributed by atoms with van der Waals surface area (Å²) in [7, 11) is 1.50. The minimum absolute atomic E-state index is 0.131. The summed E-state index contributed by atoms with van der Waals surface area (Å²) < 4.78 is 20.4. The number of carbonyl (C=O) groups excluding carboxylic acids is 1. The molecule has 0 spiro atoms. The Morgan fingerprint density at radius 3 is 2.67 bits per heavy atom. The van der Waals surface area contributed by atoms with Crippen LogP contribution in [-0.2, 0) is 9.53 Å². The quantitative estimate of drug-likeness (QED) is 0.383. The molecule has 5 rings (SSSR count). The molecule has 3 N–H and O–H groups in total. The molecule has 10 heteroatoms. The second-order valence-corrected chi connectivity index (χ2v) is 9.46. The summed E-state index contributed by atoms with van der Waals surface area (Å²) in [5.41, 5.74) is 8.78. The van der Waals surface area contributed by atoms with Crippen LogP contribution in [0.15, 0.2) is 36.7 Å². The average molecular weight is 492 g/mol. The van der Waals surface area contributed by atoms with Crippen molar-refractivity contribution >= 4 is 34.1 Å². The summed E-state index contributed by atoms with van der Waals surface area (Å²) in [5.74, 6) is -1.44. The number of ketones is 1. The molecule has 1 aliphatic rings. The van der Waals surface area contributed by atoms with E-state index in [1.807, 2.05) is 6.07 Å². The van der Waals surface area contributed by atoms with Crippen LogP contribution in [0.25, 0.3) is 27.7 Å². The van der Waals surface area contributed by atoms with Gasteiger partial charge in [0.25, 0.3) is 0 Å². The van der Waals surface area contributed by atoms with Gasteiger partial charge in [0, 0.05) is 35.7 Å². The number of aliphatic carboxylic acids is 1. The topological polar surface area (TPSA) is 133 Å². The van der Waals surface area contributed by atoms with E-state index in [1.54, 1.807) is 18.5 Å². The Bertz CT molecular complexity index is 1510. The molecule has 0 radical (unpaired) electrons. The maximum absolute atomic E-state index is 13.8. The summed E-state index contributed by atoms with van der Waals surface area (Å²) in [5, 5.41) is 14.8. The fourth-order valence-electron chi connectivity index (χ4n) is 5.28. The van der Waals surface area contributed by atoms with Gasteiger partial charge >= 0.3 is 5.97 Å². The number of nitrogens with two attached hydrogens (primary N) is 1. The molecule has 9 nitrogen and oxygen atoms in total. The number of halogens is 1. The summed E-state index contributed by atoms with van der Waals surface area (Å²) >= 11 is 0. The number of carbonyl (C=O) groups is 2. The molecule has 4 aromatic rings. The number of ether oxygens (including phenoxy) is 1. The number of hydrogen-bond acceptors (Lipinski definition) is 7. The molecule has 0 unspecified atom stereocenters. The van der Waals surface area contributed by atoms with Crippen LogP contribution in [0.2, 0.25) is 0 Å². The lowest BCUT2D eigenvalue weighted by molar-refractivity contribution is -0.155. The van der Waals surface area contributed by atoms with Crippen LogP contribution in [0.3, 0.4) is 0 Å². The standard InChI is InChI=1S/C26H26FN5O4/c1-14(33)21-22(15-5-7-26(8-6-15,13-36-2)25(34)35)31-24-19(12-30-32(24)23(21)28)17-9-16-10-18(27)3-4-20(16)29-11-17/h3-4,9-12,15H,5-8,13,28H2,1-2H3,(H,34,35)/t15-,26+. The number of methoxy groups -OCH3 is 1. The highest BCUT2D eigenvalue weighted by Gasteiger charge is 2.43. The van der Waals surface area contributed by atoms with Gasteiger partial charge < -0.3 is 15.6 Å². The monoisotopic (exact) mass is 491 g/mol. The zero-order valence-electron chi connectivity index (χ0n) is 20.0. The SMILES string of the molecule is COC[C@]1(C(=O)O)CC[C@@H](c2nc3c(-c4cnc5ccc(F)cc5c4)cnn3c(N)c2C(C)=O)CC1. The Kier molecular flexibility index (Phi) is 5.91. The third-order valence-corrected chi connectivity index (χ3v) is 7.22. The number of anilines is 1. The van der Waals surface area contributed by atoms with Crippen LogP contribution < -0.4 is 5.73 Å². The highest BCUT2D eigenvalue weighted by Crippen LogP contribution is 2.45. The van der Waals surface area contributed by atoms with Gasteiger partial charge in [-0.1, -0.05) is 0 Å². The van der Waals surface area contributed by atoms with Crippen molar-refractivity contribution in [3.05, 3.63) is 53.7 Å². The number of nitrogens with zero attached hydrogens (tertiary/aromatic N) is 4. The maximum Gasteiger partial charge on any atom is 0.311 e. The van der Waals surface area contributed by atoms with Gasteiger partial charge in [0.15, 0.2) is 11.4 Å². The first-order chi connectivity index (χ1) is 17.2. The van der Waals surface area contributed by atoms with Crippen molar-refractivity contribution in [1.29, 1.82) is 0 Å². The molecule has 1 aliphatic carbocycles. The Labute approximate surface area is 206 Å².